The van der Waals surface area contributed by atoms with Gasteiger partial charge in [0.1, 0.15) is 18.8 Å². The quantitative estimate of drug-likeness (QED) is 0.470. The second-order valence-electron chi connectivity index (χ2n) is 11.9. The Morgan fingerprint density at radius 1 is 1.16 bits per heavy atom. The summed E-state index contributed by atoms with van der Waals surface area (Å²) < 4.78 is 53.7. The van der Waals surface area contributed by atoms with Gasteiger partial charge in [0.15, 0.2) is 16.9 Å². The fourth-order valence-corrected chi connectivity index (χ4v) is 6.50. The summed E-state index contributed by atoms with van der Waals surface area (Å²) in [5.74, 6) is -2.51. The van der Waals surface area contributed by atoms with E-state index in [2.05, 4.69) is 10.1 Å². The van der Waals surface area contributed by atoms with E-state index in [1.54, 1.807) is 16.9 Å². The molecule has 2 aliphatic carbocycles. The highest BCUT2D eigenvalue weighted by Crippen LogP contribution is 2.49. The third-order valence-electron chi connectivity index (χ3n) is 8.82. The van der Waals surface area contributed by atoms with Gasteiger partial charge in [-0.15, -0.1) is 0 Å². The van der Waals surface area contributed by atoms with Crippen molar-refractivity contribution < 1.29 is 51.9 Å². The van der Waals surface area contributed by atoms with Gasteiger partial charge in [-0.2, -0.15) is 23.3 Å². The SMILES string of the molecule is O=C(O)C(F)(F)F.O=C(c1nn(CC(=O)N2CCC(Oc3[nH+]cccc3Cl)CC23CC3)c2c1CCCC2)N1CC[C@@H](O)[C@@H](F)C1. The largest absolute Gasteiger partial charge is 0.490 e. The number of alkyl halides is 4. The number of fused-ring (bicyclic) bond motifs is 1. The number of aromatic amines is 1. The maximum Gasteiger partial charge on any atom is 0.490 e. The summed E-state index contributed by atoms with van der Waals surface area (Å²) in [4.78, 5) is 42.3. The average molecular weight is 661 g/mol. The first-order chi connectivity index (χ1) is 21.3. The van der Waals surface area contributed by atoms with E-state index in [0.29, 0.717) is 36.1 Å². The zero-order chi connectivity index (χ0) is 32.5. The van der Waals surface area contributed by atoms with Crippen LogP contribution in [0.3, 0.4) is 0 Å². The van der Waals surface area contributed by atoms with Crippen LogP contribution in [0.2, 0.25) is 5.02 Å². The molecular formula is C29H35ClF4N5O6+. The lowest BCUT2D eigenvalue weighted by atomic mass is 9.94. The Labute approximate surface area is 261 Å². The molecule has 246 valence electrons. The number of carbonyl (C=O) groups is 3. The zero-order valence-corrected chi connectivity index (χ0v) is 25.1. The van der Waals surface area contributed by atoms with Gasteiger partial charge in [0.25, 0.3) is 5.91 Å². The van der Waals surface area contributed by atoms with Crippen LogP contribution in [0.25, 0.3) is 0 Å². The van der Waals surface area contributed by atoms with Gasteiger partial charge in [-0.3, -0.25) is 14.3 Å². The van der Waals surface area contributed by atoms with Crippen LogP contribution in [0.1, 0.15) is 66.7 Å². The van der Waals surface area contributed by atoms with Gasteiger partial charge in [0.2, 0.25) is 5.91 Å². The minimum atomic E-state index is -5.08. The first-order valence-electron chi connectivity index (χ1n) is 14.9. The summed E-state index contributed by atoms with van der Waals surface area (Å²) in [5.41, 5.74) is 1.97. The van der Waals surface area contributed by atoms with Gasteiger partial charge in [0.05, 0.1) is 12.6 Å². The fraction of sp³-hybridized carbons (Fsp3) is 0.621. The Hall–Kier alpha value is -3.46. The number of carboxylic acid groups (broad SMARTS) is 1. The van der Waals surface area contributed by atoms with E-state index in [-0.39, 0.29) is 43.0 Å². The molecule has 2 saturated heterocycles. The molecule has 3 N–H and O–H groups in total. The molecule has 2 aliphatic heterocycles. The number of ether oxygens (including phenoxy) is 1. The Balaban J connectivity index is 0.000000515. The van der Waals surface area contributed by atoms with Crippen molar-refractivity contribution in [3.63, 3.8) is 0 Å². The minimum Gasteiger partial charge on any atom is -0.475 e. The maximum atomic E-state index is 14.1. The number of carbonyl (C=O) groups excluding carboxylic acids is 2. The molecule has 0 aromatic carbocycles. The van der Waals surface area contributed by atoms with E-state index in [9.17, 15) is 32.3 Å². The highest BCUT2D eigenvalue weighted by molar-refractivity contribution is 6.31. The number of likely N-dealkylation sites (tertiary alicyclic amines) is 2. The molecule has 11 nitrogen and oxygen atoms in total. The molecule has 0 bridgehead atoms. The number of carboxylic acids is 1. The number of nitrogens with zero attached hydrogens (tertiary/aromatic N) is 4. The lowest BCUT2D eigenvalue weighted by molar-refractivity contribution is -0.397. The lowest BCUT2D eigenvalue weighted by Crippen LogP contribution is -2.51. The van der Waals surface area contributed by atoms with Crippen LogP contribution in [-0.2, 0) is 29.0 Å². The molecule has 2 amide bonds. The Morgan fingerprint density at radius 2 is 1.87 bits per heavy atom. The predicted octanol–water partition coefficient (Wildman–Crippen LogP) is 3.01. The van der Waals surface area contributed by atoms with E-state index in [1.165, 1.54) is 4.90 Å². The van der Waals surface area contributed by atoms with Gasteiger partial charge in [-0.25, -0.2) is 9.18 Å². The molecular weight excluding hydrogens is 626 g/mol. The van der Waals surface area contributed by atoms with E-state index < -0.39 is 24.4 Å². The molecule has 0 radical (unpaired) electrons. The first-order valence-corrected chi connectivity index (χ1v) is 15.3. The molecule has 1 saturated carbocycles. The number of pyridine rings is 1. The van der Waals surface area contributed by atoms with Crippen molar-refractivity contribution in [2.75, 3.05) is 19.6 Å². The van der Waals surface area contributed by atoms with Crippen molar-refractivity contribution >= 4 is 29.4 Å². The van der Waals surface area contributed by atoms with Crippen LogP contribution in [-0.4, -0.2) is 97.3 Å². The van der Waals surface area contributed by atoms with Gasteiger partial charge < -0.3 is 24.7 Å². The summed E-state index contributed by atoms with van der Waals surface area (Å²) in [7, 11) is 0. The van der Waals surface area contributed by atoms with Gasteiger partial charge in [-0.1, -0.05) is 11.6 Å². The third-order valence-corrected chi connectivity index (χ3v) is 9.12. The smallest absolute Gasteiger partial charge is 0.475 e. The predicted molar refractivity (Wildman–Crippen MR) is 149 cm³/mol. The Kier molecular flexibility index (Phi) is 9.59. The number of aliphatic carboxylic acids is 1. The number of halogens is 5. The third kappa shape index (κ3) is 7.35. The van der Waals surface area contributed by atoms with Crippen LogP contribution < -0.4 is 9.72 Å². The Morgan fingerprint density at radius 3 is 2.51 bits per heavy atom. The van der Waals surface area contributed by atoms with Crippen molar-refractivity contribution in [3.05, 3.63) is 40.3 Å². The van der Waals surface area contributed by atoms with Crippen LogP contribution in [0.5, 0.6) is 5.88 Å². The number of H-pyrrole nitrogens is 1. The number of hydrogen-bond donors (Lipinski definition) is 2. The molecule has 1 spiro atoms. The van der Waals surface area contributed by atoms with E-state index >= 15 is 0 Å². The van der Waals surface area contributed by atoms with Crippen molar-refractivity contribution in [2.24, 2.45) is 0 Å². The molecule has 6 rings (SSSR count). The summed E-state index contributed by atoms with van der Waals surface area (Å²) in [6, 6.07) is 3.60. The summed E-state index contributed by atoms with van der Waals surface area (Å²) in [6.45, 7) is 0.849. The molecule has 2 aromatic rings. The van der Waals surface area contributed by atoms with E-state index in [4.69, 9.17) is 26.2 Å². The van der Waals surface area contributed by atoms with Crippen molar-refractivity contribution in [2.45, 2.75) is 94.4 Å². The number of rotatable bonds is 5. The van der Waals surface area contributed by atoms with Gasteiger partial charge in [-0.05, 0) is 51.0 Å². The number of nitrogens with one attached hydrogen (secondary N) is 1. The number of hydrogen-bond acceptors (Lipinski definition) is 6. The summed E-state index contributed by atoms with van der Waals surface area (Å²) in [6.07, 6.45) is 1.17. The highest BCUT2D eigenvalue weighted by Gasteiger charge is 2.54. The number of amides is 2. The second kappa shape index (κ2) is 13.1. The Bertz CT molecular complexity index is 1430. The van der Waals surface area contributed by atoms with Crippen LogP contribution >= 0.6 is 11.6 Å². The van der Waals surface area contributed by atoms with E-state index in [0.717, 1.165) is 56.2 Å². The molecule has 3 atom stereocenters. The standard InChI is InChI=1S/C27H33ClFN5O4.C2HF3O2/c28-19-5-3-11-30-25(19)38-17-7-13-33(27(14-17)9-10-27)23(36)16-34-21-6-2-1-4-18(21)24(31-34)26(37)32-12-8-22(35)20(29)15-32;3-2(4,5)1(6)7/h3,5,11,17,20,22,35H,1-2,4,6-10,12-16H2;(H,6,7)/p+1/t17?,20-,22+;/m0./s1. The molecule has 4 heterocycles. The van der Waals surface area contributed by atoms with Crippen LogP contribution in [0.15, 0.2) is 18.3 Å². The number of piperidine rings is 2. The average Bonchev–Trinajstić information content (AvgIpc) is 3.66. The monoisotopic (exact) mass is 660 g/mol. The fourth-order valence-electron chi connectivity index (χ4n) is 6.33. The van der Waals surface area contributed by atoms with Crippen LogP contribution in [0.4, 0.5) is 17.6 Å². The topological polar surface area (TPSA) is 139 Å². The molecule has 16 heteroatoms. The number of aromatic nitrogens is 3. The molecule has 1 unspecified atom stereocenters. The van der Waals surface area contributed by atoms with Crippen molar-refractivity contribution in [3.8, 4) is 5.88 Å². The first kappa shape index (κ1) is 32.9. The second-order valence-corrected chi connectivity index (χ2v) is 12.3. The van der Waals surface area contributed by atoms with Gasteiger partial charge in [0, 0.05) is 48.8 Å². The number of aliphatic hydroxyl groups is 1. The van der Waals surface area contributed by atoms with Gasteiger partial charge >= 0.3 is 18.0 Å². The molecule has 45 heavy (non-hydrogen) atoms. The minimum absolute atomic E-state index is 0.00467. The lowest BCUT2D eigenvalue weighted by Gasteiger charge is -2.39. The summed E-state index contributed by atoms with van der Waals surface area (Å²) in [5, 5.41) is 22.0. The molecule has 2 aromatic heterocycles. The van der Waals surface area contributed by atoms with Crippen LogP contribution in [0, 0.1) is 0 Å². The zero-order valence-electron chi connectivity index (χ0n) is 24.4. The maximum absolute atomic E-state index is 14.1. The van der Waals surface area contributed by atoms with E-state index in [1.807, 2.05) is 11.0 Å². The highest BCUT2D eigenvalue weighted by atomic mass is 35.5. The van der Waals surface area contributed by atoms with Crippen molar-refractivity contribution in [1.29, 1.82) is 0 Å². The molecule has 3 fully saturated rings. The number of aliphatic hydroxyl groups excluding tert-OH is 1. The van der Waals surface area contributed by atoms with Crippen molar-refractivity contribution in [1.82, 2.24) is 19.6 Å². The normalized spacial score (nSPS) is 23.9. The molecule has 4 aliphatic rings. The summed E-state index contributed by atoms with van der Waals surface area (Å²) >= 11 is 6.26.